The fourth-order valence-corrected chi connectivity index (χ4v) is 6.35. The maximum Gasteiger partial charge on any atom is 0.306 e. The van der Waals surface area contributed by atoms with Gasteiger partial charge in [-0.3, -0.25) is 14.4 Å². The van der Waals surface area contributed by atoms with Crippen molar-refractivity contribution in [3.05, 3.63) is 158 Å². The Morgan fingerprint density at radius 3 is 1.00 bits per heavy atom. The number of carbonyl (C=O) groups excluding carboxylic acids is 3. The molecule has 378 valence electrons. The highest BCUT2D eigenvalue weighted by Gasteiger charge is 2.19. The summed E-state index contributed by atoms with van der Waals surface area (Å²) in [6.07, 6.45) is 79.7. The molecule has 0 fully saturated rings. The Bertz CT molecular complexity index is 1590. The summed E-state index contributed by atoms with van der Waals surface area (Å²) in [6.45, 7) is 6.20. The van der Waals surface area contributed by atoms with E-state index >= 15 is 0 Å². The van der Waals surface area contributed by atoms with E-state index in [0.29, 0.717) is 19.3 Å². The maximum atomic E-state index is 12.7. The molecule has 0 amide bonds. The number of rotatable bonds is 45. The van der Waals surface area contributed by atoms with E-state index in [0.717, 1.165) is 128 Å². The number of ether oxygens (including phenoxy) is 3. The zero-order valence-corrected chi connectivity index (χ0v) is 43.0. The van der Waals surface area contributed by atoms with Gasteiger partial charge in [0.1, 0.15) is 13.2 Å². The molecule has 6 heteroatoms. The Labute approximate surface area is 416 Å². The van der Waals surface area contributed by atoms with E-state index in [2.05, 4.69) is 167 Å². The summed E-state index contributed by atoms with van der Waals surface area (Å²) in [5.41, 5.74) is 0. The van der Waals surface area contributed by atoms with E-state index in [1.165, 1.54) is 12.8 Å². The molecule has 1 atom stereocenters. The minimum absolute atomic E-state index is 0.132. The SMILES string of the molecule is CC/C=C\C/C=C\C/C=C\C/C=C\C/C=C\C/C=C\C/C=C\C/C=C\CCCCC(=O)OCC(COC(=O)CCCCCCC/C=C\CCC)OC(=O)CC/C=C\C/C=C\C/C=C\C/C=C\CC. The zero-order valence-electron chi connectivity index (χ0n) is 43.0. The van der Waals surface area contributed by atoms with Crippen LogP contribution in [0.3, 0.4) is 0 Å². The molecule has 0 aromatic rings. The molecule has 0 radical (unpaired) electrons. The molecule has 0 aliphatic heterocycles. The van der Waals surface area contributed by atoms with Crippen LogP contribution < -0.4 is 0 Å². The first-order valence-electron chi connectivity index (χ1n) is 26.5. The molecule has 0 heterocycles. The Balaban J connectivity index is 4.46. The zero-order chi connectivity index (χ0) is 49.3. The van der Waals surface area contributed by atoms with Crippen molar-refractivity contribution in [2.24, 2.45) is 0 Å². The average molecular weight is 935 g/mol. The molecule has 6 nitrogen and oxygen atoms in total. The third kappa shape index (κ3) is 52.0. The number of hydrogen-bond donors (Lipinski definition) is 0. The molecule has 0 saturated carbocycles. The van der Waals surface area contributed by atoms with Gasteiger partial charge in [-0.1, -0.05) is 204 Å². The van der Waals surface area contributed by atoms with E-state index in [4.69, 9.17) is 14.2 Å². The molecule has 0 aliphatic rings. The lowest BCUT2D eigenvalue weighted by Crippen LogP contribution is -2.30. The first-order valence-corrected chi connectivity index (χ1v) is 26.5. The van der Waals surface area contributed by atoms with E-state index in [-0.39, 0.29) is 38.0 Å². The fourth-order valence-electron chi connectivity index (χ4n) is 6.35. The van der Waals surface area contributed by atoms with Gasteiger partial charge in [0.05, 0.1) is 0 Å². The number of unbranched alkanes of at least 4 members (excludes halogenated alkanes) is 8. The van der Waals surface area contributed by atoms with Crippen LogP contribution in [0.5, 0.6) is 0 Å². The second-order valence-corrected chi connectivity index (χ2v) is 16.7. The van der Waals surface area contributed by atoms with Crippen LogP contribution in [0.25, 0.3) is 0 Å². The van der Waals surface area contributed by atoms with E-state index in [1.54, 1.807) is 0 Å². The predicted molar refractivity (Wildman–Crippen MR) is 292 cm³/mol. The summed E-state index contributed by atoms with van der Waals surface area (Å²) in [7, 11) is 0. The van der Waals surface area contributed by atoms with Crippen molar-refractivity contribution >= 4 is 17.9 Å². The third-order valence-electron chi connectivity index (χ3n) is 10.2. The second-order valence-electron chi connectivity index (χ2n) is 16.7. The van der Waals surface area contributed by atoms with Gasteiger partial charge in [0.25, 0.3) is 0 Å². The van der Waals surface area contributed by atoms with Gasteiger partial charge in [-0.2, -0.15) is 0 Å². The van der Waals surface area contributed by atoms with Gasteiger partial charge in [0.15, 0.2) is 6.10 Å². The summed E-state index contributed by atoms with van der Waals surface area (Å²) >= 11 is 0. The molecule has 0 N–H and O–H groups in total. The van der Waals surface area contributed by atoms with Gasteiger partial charge in [0, 0.05) is 19.3 Å². The van der Waals surface area contributed by atoms with Crippen molar-refractivity contribution in [2.45, 2.75) is 200 Å². The summed E-state index contributed by atoms with van der Waals surface area (Å²) in [6, 6.07) is 0. The molecular formula is C62H94O6. The van der Waals surface area contributed by atoms with Crippen molar-refractivity contribution in [3.8, 4) is 0 Å². The summed E-state index contributed by atoms with van der Waals surface area (Å²) in [4.78, 5) is 37.9. The van der Waals surface area contributed by atoms with E-state index < -0.39 is 12.1 Å². The number of hydrogen-bond acceptors (Lipinski definition) is 6. The molecule has 0 aromatic heterocycles. The fraction of sp³-hybridized carbons (Fsp3) is 0.532. The quantitative estimate of drug-likeness (QED) is 0.0262. The molecule has 0 spiro atoms. The van der Waals surface area contributed by atoms with Crippen molar-refractivity contribution < 1.29 is 28.6 Å². The summed E-state index contributed by atoms with van der Waals surface area (Å²) in [5.74, 6) is -1.09. The Hall–Kier alpha value is -4.97. The molecule has 68 heavy (non-hydrogen) atoms. The second kappa shape index (κ2) is 54.6. The Morgan fingerprint density at radius 2 is 0.603 bits per heavy atom. The Morgan fingerprint density at radius 1 is 0.309 bits per heavy atom. The highest BCUT2D eigenvalue weighted by molar-refractivity contribution is 5.71. The first-order chi connectivity index (χ1) is 33.5. The van der Waals surface area contributed by atoms with Gasteiger partial charge in [-0.15, -0.1) is 0 Å². The van der Waals surface area contributed by atoms with Crippen LogP contribution in [0.4, 0.5) is 0 Å². The lowest BCUT2D eigenvalue weighted by Gasteiger charge is -2.18. The molecule has 1 unspecified atom stereocenters. The normalized spacial score (nSPS) is 13.4. The third-order valence-corrected chi connectivity index (χ3v) is 10.2. The minimum Gasteiger partial charge on any atom is -0.462 e. The smallest absolute Gasteiger partial charge is 0.306 e. The van der Waals surface area contributed by atoms with Crippen LogP contribution >= 0.6 is 0 Å². The van der Waals surface area contributed by atoms with Crippen molar-refractivity contribution in [1.82, 2.24) is 0 Å². The minimum atomic E-state index is -0.844. The van der Waals surface area contributed by atoms with Gasteiger partial charge in [0.2, 0.25) is 0 Å². The van der Waals surface area contributed by atoms with Crippen molar-refractivity contribution in [2.75, 3.05) is 13.2 Å². The van der Waals surface area contributed by atoms with Crippen LogP contribution in [-0.2, 0) is 28.6 Å². The van der Waals surface area contributed by atoms with Crippen molar-refractivity contribution in [3.63, 3.8) is 0 Å². The topological polar surface area (TPSA) is 78.9 Å². The first kappa shape index (κ1) is 63.0. The summed E-state index contributed by atoms with van der Waals surface area (Å²) in [5, 5.41) is 0. The Kier molecular flexibility index (Phi) is 50.6. The van der Waals surface area contributed by atoms with Crippen LogP contribution in [0.15, 0.2) is 158 Å². The highest BCUT2D eigenvalue weighted by atomic mass is 16.6. The molecular weight excluding hydrogens is 841 g/mol. The molecule has 0 aliphatic carbocycles. The maximum absolute atomic E-state index is 12.7. The van der Waals surface area contributed by atoms with Crippen LogP contribution in [0.2, 0.25) is 0 Å². The molecule has 0 rings (SSSR count). The van der Waals surface area contributed by atoms with Gasteiger partial charge in [-0.25, -0.2) is 0 Å². The molecule has 0 aromatic carbocycles. The predicted octanol–water partition coefficient (Wildman–Crippen LogP) is 17.8. The average Bonchev–Trinajstić information content (AvgIpc) is 3.34. The van der Waals surface area contributed by atoms with Gasteiger partial charge in [-0.05, 0) is 128 Å². The standard InChI is InChI=1S/C62H94O6/c1-4-7-10-13-16-19-22-24-25-26-27-28-29-30-31-32-33-34-35-36-37-39-40-43-46-49-52-55-61(64)67-58-59(57-66-60(63)54-51-48-45-42-21-18-15-12-9-6-3)68-62(65)56-53-50-47-44-41-38-23-20-17-14-11-8-5-2/h7-8,10-12,15-17,19-20,24-25,27-28,30-31,33-34,36-38,40-41,43,47,50,59H,4-6,9,13-14,18,21-23,26,29,32,35,39,42,44-46,48-49,51-58H2,1-3H3/b10-7-,11-8-,15-12-,19-16-,20-17-,25-24-,28-27-,31-30-,34-33-,37-36-,41-38-,43-40-,50-47-. The van der Waals surface area contributed by atoms with Crippen LogP contribution in [0.1, 0.15) is 194 Å². The van der Waals surface area contributed by atoms with Gasteiger partial charge >= 0.3 is 17.9 Å². The van der Waals surface area contributed by atoms with Crippen LogP contribution in [0, 0.1) is 0 Å². The van der Waals surface area contributed by atoms with Crippen LogP contribution in [-0.4, -0.2) is 37.2 Å². The van der Waals surface area contributed by atoms with Crippen molar-refractivity contribution in [1.29, 1.82) is 0 Å². The lowest BCUT2D eigenvalue weighted by molar-refractivity contribution is -0.166. The molecule has 0 saturated heterocycles. The van der Waals surface area contributed by atoms with E-state index in [1.807, 2.05) is 12.2 Å². The van der Waals surface area contributed by atoms with Gasteiger partial charge < -0.3 is 14.2 Å². The molecule has 0 bridgehead atoms. The highest BCUT2D eigenvalue weighted by Crippen LogP contribution is 2.11. The van der Waals surface area contributed by atoms with E-state index in [9.17, 15) is 14.4 Å². The summed E-state index contributed by atoms with van der Waals surface area (Å²) < 4.78 is 16.6. The lowest BCUT2D eigenvalue weighted by atomic mass is 10.1. The number of allylic oxidation sites excluding steroid dienone is 26. The largest absolute Gasteiger partial charge is 0.462 e. The monoisotopic (exact) mass is 935 g/mol. The number of carbonyl (C=O) groups is 3. The number of esters is 3.